The van der Waals surface area contributed by atoms with Crippen LogP contribution in [0.2, 0.25) is 0 Å². The van der Waals surface area contributed by atoms with Crippen LogP contribution in [-0.2, 0) is 0 Å². The summed E-state index contributed by atoms with van der Waals surface area (Å²) in [5.74, 6) is -3.89. The minimum Gasteiger partial charge on any atom is -0.268 e. The molecule has 3 rings (SSSR count). The lowest BCUT2D eigenvalue weighted by molar-refractivity contribution is 0.0923. The molecule has 0 spiro atoms. The number of anilines is 1. The highest BCUT2D eigenvalue weighted by molar-refractivity contribution is 9.10. The number of fused-ring (bicyclic) bond motifs is 1. The molecule has 4 nitrogen and oxygen atoms in total. The summed E-state index contributed by atoms with van der Waals surface area (Å²) in [5, 5.41) is 0. The molecule has 0 unspecified atom stereocenters. The maximum absolute atomic E-state index is 13.8. The van der Waals surface area contributed by atoms with Crippen molar-refractivity contribution in [2.75, 3.05) is 4.90 Å². The number of benzene rings is 1. The van der Waals surface area contributed by atoms with Crippen LogP contribution in [0.15, 0.2) is 34.9 Å². The van der Waals surface area contributed by atoms with E-state index < -0.39 is 29.3 Å². The van der Waals surface area contributed by atoms with E-state index in [4.69, 9.17) is 0 Å². The van der Waals surface area contributed by atoms with Gasteiger partial charge >= 0.3 is 0 Å². The van der Waals surface area contributed by atoms with Gasteiger partial charge in [-0.25, -0.2) is 18.7 Å². The summed E-state index contributed by atoms with van der Waals surface area (Å²) in [6.07, 6.45) is 0. The van der Waals surface area contributed by atoms with Crippen LogP contribution >= 0.6 is 15.9 Å². The van der Waals surface area contributed by atoms with Gasteiger partial charge in [-0.05, 0) is 28.1 Å². The minimum absolute atomic E-state index is 0.166. The topological polar surface area (TPSA) is 50.3 Å². The van der Waals surface area contributed by atoms with E-state index in [1.165, 1.54) is 12.1 Å². The molecule has 0 aliphatic carbocycles. The molecule has 0 atom stereocenters. The molecule has 100 valence electrons. The van der Waals surface area contributed by atoms with Crippen LogP contribution in [-0.4, -0.2) is 16.8 Å². The van der Waals surface area contributed by atoms with E-state index in [9.17, 15) is 18.4 Å². The highest BCUT2D eigenvalue weighted by Gasteiger charge is 2.38. The van der Waals surface area contributed by atoms with Gasteiger partial charge in [-0.15, -0.1) is 0 Å². The van der Waals surface area contributed by atoms with Crippen LogP contribution in [0.25, 0.3) is 0 Å². The number of halogens is 3. The molecule has 7 heteroatoms. The summed E-state index contributed by atoms with van der Waals surface area (Å²) in [4.78, 5) is 28.5. The molecule has 1 aromatic heterocycles. The number of rotatable bonds is 1. The van der Waals surface area contributed by atoms with Crippen molar-refractivity contribution in [3.05, 3.63) is 57.7 Å². The quantitative estimate of drug-likeness (QED) is 0.593. The highest BCUT2D eigenvalue weighted by Crippen LogP contribution is 2.30. The average molecular weight is 339 g/mol. The van der Waals surface area contributed by atoms with E-state index in [2.05, 4.69) is 20.9 Å². The molecule has 20 heavy (non-hydrogen) atoms. The SMILES string of the molecule is O=C1c2ccccc2C(=O)N1c1nc(Br)c(F)cc1F. The van der Waals surface area contributed by atoms with Gasteiger partial charge < -0.3 is 0 Å². The molecule has 1 aliphatic rings. The van der Waals surface area contributed by atoms with Crippen LogP contribution in [0.5, 0.6) is 0 Å². The Balaban J connectivity index is 2.17. The molecule has 0 saturated heterocycles. The predicted octanol–water partition coefficient (Wildman–Crippen LogP) is 2.92. The fourth-order valence-electron chi connectivity index (χ4n) is 1.97. The van der Waals surface area contributed by atoms with E-state index in [-0.39, 0.29) is 15.7 Å². The van der Waals surface area contributed by atoms with Gasteiger partial charge in [0.25, 0.3) is 11.8 Å². The van der Waals surface area contributed by atoms with E-state index >= 15 is 0 Å². The minimum atomic E-state index is -1.08. The number of imide groups is 1. The van der Waals surface area contributed by atoms with Gasteiger partial charge in [-0.1, -0.05) is 12.1 Å². The van der Waals surface area contributed by atoms with Crippen LogP contribution in [0.1, 0.15) is 20.7 Å². The Morgan fingerprint density at radius 3 is 2.10 bits per heavy atom. The van der Waals surface area contributed by atoms with E-state index in [1.807, 2.05) is 0 Å². The number of amides is 2. The first kappa shape index (κ1) is 12.9. The fourth-order valence-corrected chi connectivity index (χ4v) is 2.26. The van der Waals surface area contributed by atoms with Crippen molar-refractivity contribution in [3.8, 4) is 0 Å². The van der Waals surface area contributed by atoms with Gasteiger partial charge in [0.2, 0.25) is 0 Å². The molecule has 2 amide bonds. The van der Waals surface area contributed by atoms with Crippen molar-refractivity contribution in [1.82, 2.24) is 4.98 Å². The Hall–Kier alpha value is -2.15. The summed E-state index contributed by atoms with van der Waals surface area (Å²) in [7, 11) is 0. The lowest BCUT2D eigenvalue weighted by atomic mass is 10.1. The Kier molecular flexibility index (Phi) is 2.86. The second kappa shape index (κ2) is 4.45. The number of carbonyl (C=O) groups is 2. The van der Waals surface area contributed by atoms with Crippen molar-refractivity contribution in [2.45, 2.75) is 0 Å². The summed E-state index contributed by atoms with van der Waals surface area (Å²) in [6.45, 7) is 0. The number of carbonyl (C=O) groups excluding carboxylic acids is 2. The summed E-state index contributed by atoms with van der Waals surface area (Å²) in [5.41, 5.74) is 0.332. The van der Waals surface area contributed by atoms with Crippen LogP contribution in [0, 0.1) is 11.6 Å². The van der Waals surface area contributed by atoms with Crippen molar-refractivity contribution >= 4 is 33.6 Å². The molecule has 0 saturated carbocycles. The molecule has 0 bridgehead atoms. The summed E-state index contributed by atoms with van der Waals surface area (Å²) < 4.78 is 26.7. The average Bonchev–Trinajstić information content (AvgIpc) is 2.68. The van der Waals surface area contributed by atoms with E-state index in [1.54, 1.807) is 12.1 Å². The van der Waals surface area contributed by atoms with Crippen LogP contribution < -0.4 is 4.90 Å². The Morgan fingerprint density at radius 2 is 1.55 bits per heavy atom. The van der Waals surface area contributed by atoms with Gasteiger partial charge in [0, 0.05) is 6.07 Å². The maximum atomic E-state index is 13.8. The third kappa shape index (κ3) is 1.74. The van der Waals surface area contributed by atoms with Gasteiger partial charge in [0.1, 0.15) is 4.60 Å². The molecule has 2 aromatic rings. The third-order valence-electron chi connectivity index (χ3n) is 2.87. The summed E-state index contributed by atoms with van der Waals surface area (Å²) >= 11 is 2.80. The number of pyridine rings is 1. The number of nitrogens with zero attached hydrogens (tertiary/aromatic N) is 2. The first-order valence-electron chi connectivity index (χ1n) is 5.50. The first-order chi connectivity index (χ1) is 9.50. The molecule has 0 fully saturated rings. The fraction of sp³-hybridized carbons (Fsp3) is 0. The van der Waals surface area contributed by atoms with E-state index in [0.717, 1.165) is 0 Å². The molecule has 1 aliphatic heterocycles. The van der Waals surface area contributed by atoms with Gasteiger partial charge in [-0.3, -0.25) is 9.59 Å². The lowest BCUT2D eigenvalue weighted by Crippen LogP contribution is -2.31. The second-order valence-electron chi connectivity index (χ2n) is 4.06. The molecular formula is C13H5BrF2N2O2. The van der Waals surface area contributed by atoms with Gasteiger partial charge in [0.15, 0.2) is 17.5 Å². The zero-order valence-electron chi connectivity index (χ0n) is 9.73. The van der Waals surface area contributed by atoms with E-state index in [0.29, 0.717) is 11.0 Å². The predicted molar refractivity (Wildman–Crippen MR) is 69.4 cm³/mol. The summed E-state index contributed by atoms with van der Waals surface area (Å²) in [6, 6.07) is 6.68. The van der Waals surface area contributed by atoms with Crippen molar-refractivity contribution in [1.29, 1.82) is 0 Å². The van der Waals surface area contributed by atoms with Crippen molar-refractivity contribution in [2.24, 2.45) is 0 Å². The Bertz CT molecular complexity index is 729. The zero-order valence-corrected chi connectivity index (χ0v) is 11.3. The second-order valence-corrected chi connectivity index (χ2v) is 4.81. The molecule has 0 N–H and O–H groups in total. The monoisotopic (exact) mass is 338 g/mol. The van der Waals surface area contributed by atoms with Crippen LogP contribution in [0.4, 0.5) is 14.6 Å². The molecule has 1 aromatic carbocycles. The number of hydrogen-bond donors (Lipinski definition) is 0. The normalized spacial score (nSPS) is 13.8. The first-order valence-corrected chi connectivity index (χ1v) is 6.29. The van der Waals surface area contributed by atoms with Crippen LogP contribution in [0.3, 0.4) is 0 Å². The zero-order chi connectivity index (χ0) is 14.4. The maximum Gasteiger partial charge on any atom is 0.267 e. The van der Waals surface area contributed by atoms with Crippen molar-refractivity contribution < 1.29 is 18.4 Å². The number of hydrogen-bond acceptors (Lipinski definition) is 3. The standard InChI is InChI=1S/C13H5BrF2N2O2/c14-10-8(15)5-9(16)11(17-10)18-12(19)6-3-1-2-4-7(6)13(18)20/h1-5H. The van der Waals surface area contributed by atoms with Crippen molar-refractivity contribution in [3.63, 3.8) is 0 Å². The Labute approximate surface area is 120 Å². The highest BCUT2D eigenvalue weighted by atomic mass is 79.9. The lowest BCUT2D eigenvalue weighted by Gasteiger charge is -2.13. The molecular weight excluding hydrogens is 334 g/mol. The van der Waals surface area contributed by atoms with Gasteiger partial charge in [0.05, 0.1) is 11.1 Å². The third-order valence-corrected chi connectivity index (χ3v) is 3.43. The largest absolute Gasteiger partial charge is 0.268 e. The molecule has 0 radical (unpaired) electrons. The smallest absolute Gasteiger partial charge is 0.267 e. The molecule has 2 heterocycles. The number of aromatic nitrogens is 1. The van der Waals surface area contributed by atoms with Gasteiger partial charge in [-0.2, -0.15) is 0 Å². The Morgan fingerprint density at radius 1 is 1.00 bits per heavy atom.